The molecule has 0 bridgehead atoms. The van der Waals surface area contributed by atoms with Crippen molar-refractivity contribution in [3.05, 3.63) is 0 Å². The molecule has 2 amide bonds. The maximum Gasteiger partial charge on any atom is 0.321 e. The number of carbonyl (C=O) groups excluding carboxylic acids is 3. The number of ether oxygens (including phenoxy) is 1. The van der Waals surface area contributed by atoms with E-state index in [1.807, 2.05) is 0 Å². The van der Waals surface area contributed by atoms with Gasteiger partial charge in [0.2, 0.25) is 11.8 Å². The minimum absolute atomic E-state index is 0.231. The zero-order chi connectivity index (χ0) is 14.1. The van der Waals surface area contributed by atoms with Gasteiger partial charge in [-0.3, -0.25) is 19.3 Å². The Bertz CT molecular complexity index is 383. The van der Waals surface area contributed by atoms with Crippen LogP contribution in [0.15, 0.2) is 0 Å². The van der Waals surface area contributed by atoms with Crippen LogP contribution < -0.4 is 0 Å². The molecule has 0 aromatic rings. The standard InChI is InChI=1S/C13H21NO4/c1-6-18-11(17)13(5)7-8-14(10(13)16)9(15)12(2,3)4/h6-8H2,1-5H3. The van der Waals surface area contributed by atoms with Crippen LogP contribution in [0, 0.1) is 10.8 Å². The molecule has 0 aliphatic carbocycles. The highest BCUT2D eigenvalue weighted by molar-refractivity contribution is 6.10. The molecular weight excluding hydrogens is 234 g/mol. The van der Waals surface area contributed by atoms with E-state index in [1.165, 1.54) is 4.90 Å². The van der Waals surface area contributed by atoms with Crippen molar-refractivity contribution in [3.63, 3.8) is 0 Å². The number of hydrogen-bond donors (Lipinski definition) is 0. The van der Waals surface area contributed by atoms with Crippen LogP contribution in [0.5, 0.6) is 0 Å². The van der Waals surface area contributed by atoms with Crippen molar-refractivity contribution in [2.24, 2.45) is 10.8 Å². The number of nitrogens with zero attached hydrogens (tertiary/aromatic N) is 1. The number of carbonyl (C=O) groups is 3. The molecule has 0 N–H and O–H groups in total. The monoisotopic (exact) mass is 255 g/mol. The Labute approximate surface area is 107 Å². The van der Waals surface area contributed by atoms with Gasteiger partial charge in [-0.25, -0.2) is 0 Å². The smallest absolute Gasteiger partial charge is 0.321 e. The largest absolute Gasteiger partial charge is 0.465 e. The van der Waals surface area contributed by atoms with E-state index in [2.05, 4.69) is 0 Å². The van der Waals surface area contributed by atoms with Crippen molar-refractivity contribution in [1.29, 1.82) is 0 Å². The molecule has 102 valence electrons. The molecule has 1 heterocycles. The first-order chi connectivity index (χ1) is 8.14. The number of imide groups is 1. The average Bonchev–Trinajstić information content (AvgIpc) is 2.55. The SMILES string of the molecule is CCOC(=O)C1(C)CCN(C(=O)C(C)(C)C)C1=O. The van der Waals surface area contributed by atoms with Crippen LogP contribution in [0.1, 0.15) is 41.0 Å². The predicted molar refractivity (Wildman–Crippen MR) is 65.5 cm³/mol. The van der Waals surface area contributed by atoms with E-state index >= 15 is 0 Å². The van der Waals surface area contributed by atoms with Gasteiger partial charge < -0.3 is 4.74 Å². The molecule has 1 aliphatic rings. The molecule has 1 saturated heterocycles. The summed E-state index contributed by atoms with van der Waals surface area (Å²) in [6, 6.07) is 0. The maximum atomic E-state index is 12.2. The lowest BCUT2D eigenvalue weighted by Crippen LogP contribution is -2.45. The lowest BCUT2D eigenvalue weighted by atomic mass is 9.89. The highest BCUT2D eigenvalue weighted by atomic mass is 16.5. The molecule has 0 aromatic heterocycles. The topological polar surface area (TPSA) is 63.7 Å². The van der Waals surface area contributed by atoms with Gasteiger partial charge in [-0.2, -0.15) is 0 Å². The Hall–Kier alpha value is -1.39. The lowest BCUT2D eigenvalue weighted by Gasteiger charge is -2.26. The Kier molecular flexibility index (Phi) is 3.84. The van der Waals surface area contributed by atoms with E-state index in [9.17, 15) is 14.4 Å². The predicted octanol–water partition coefficient (Wildman–Crippen LogP) is 1.36. The molecule has 1 fully saturated rings. The van der Waals surface area contributed by atoms with Gasteiger partial charge in [0.25, 0.3) is 0 Å². The third kappa shape index (κ3) is 2.40. The van der Waals surface area contributed by atoms with Crippen molar-refractivity contribution >= 4 is 17.8 Å². The first-order valence-electron chi connectivity index (χ1n) is 6.18. The van der Waals surface area contributed by atoms with Crippen LogP contribution >= 0.6 is 0 Å². The maximum absolute atomic E-state index is 12.2. The summed E-state index contributed by atoms with van der Waals surface area (Å²) in [7, 11) is 0. The Morgan fingerprint density at radius 1 is 1.39 bits per heavy atom. The first kappa shape index (κ1) is 14.7. The van der Waals surface area contributed by atoms with Crippen LogP contribution in [-0.4, -0.2) is 35.8 Å². The summed E-state index contributed by atoms with van der Waals surface area (Å²) in [5.74, 6) is -1.24. The molecule has 1 atom stereocenters. The van der Waals surface area contributed by atoms with Gasteiger partial charge in [0, 0.05) is 12.0 Å². The average molecular weight is 255 g/mol. The molecule has 1 aliphatic heterocycles. The number of esters is 1. The number of amides is 2. The summed E-state index contributed by atoms with van der Waals surface area (Å²) < 4.78 is 4.92. The molecule has 0 saturated carbocycles. The minimum Gasteiger partial charge on any atom is -0.465 e. The van der Waals surface area contributed by atoms with Gasteiger partial charge in [-0.05, 0) is 20.3 Å². The molecule has 1 unspecified atom stereocenters. The van der Waals surface area contributed by atoms with E-state index in [-0.39, 0.29) is 19.1 Å². The zero-order valence-electron chi connectivity index (χ0n) is 11.7. The summed E-state index contributed by atoms with van der Waals surface area (Å²) >= 11 is 0. The summed E-state index contributed by atoms with van der Waals surface area (Å²) in [5.41, 5.74) is -1.84. The Balaban J connectivity index is 2.91. The number of rotatable bonds is 2. The van der Waals surface area contributed by atoms with Crippen molar-refractivity contribution < 1.29 is 19.1 Å². The van der Waals surface area contributed by atoms with Crippen LogP contribution in [0.3, 0.4) is 0 Å². The van der Waals surface area contributed by atoms with Gasteiger partial charge in [0.05, 0.1) is 6.61 Å². The fourth-order valence-corrected chi connectivity index (χ4v) is 1.92. The molecular formula is C13H21NO4. The third-order valence-corrected chi connectivity index (χ3v) is 3.17. The van der Waals surface area contributed by atoms with Gasteiger partial charge in [-0.1, -0.05) is 20.8 Å². The van der Waals surface area contributed by atoms with Crippen molar-refractivity contribution in [2.45, 2.75) is 41.0 Å². The van der Waals surface area contributed by atoms with Crippen LogP contribution in [0.2, 0.25) is 0 Å². The normalized spacial score (nSPS) is 24.3. The molecule has 18 heavy (non-hydrogen) atoms. The van der Waals surface area contributed by atoms with Crippen molar-refractivity contribution in [3.8, 4) is 0 Å². The molecule has 5 nitrogen and oxygen atoms in total. The van der Waals surface area contributed by atoms with Gasteiger partial charge in [-0.15, -0.1) is 0 Å². The van der Waals surface area contributed by atoms with E-state index in [4.69, 9.17) is 4.74 Å². The highest BCUT2D eigenvalue weighted by Gasteiger charge is 2.52. The second-order valence-corrected chi connectivity index (χ2v) is 5.81. The first-order valence-corrected chi connectivity index (χ1v) is 6.18. The molecule has 0 spiro atoms. The minimum atomic E-state index is -1.21. The molecule has 0 aromatic carbocycles. The Morgan fingerprint density at radius 3 is 2.39 bits per heavy atom. The van der Waals surface area contributed by atoms with Gasteiger partial charge in [0.15, 0.2) is 0 Å². The van der Waals surface area contributed by atoms with Crippen LogP contribution in [-0.2, 0) is 19.1 Å². The second-order valence-electron chi connectivity index (χ2n) is 5.81. The fourth-order valence-electron chi connectivity index (χ4n) is 1.92. The lowest BCUT2D eigenvalue weighted by molar-refractivity contribution is -0.161. The highest BCUT2D eigenvalue weighted by Crippen LogP contribution is 2.35. The van der Waals surface area contributed by atoms with Gasteiger partial charge in [0.1, 0.15) is 5.41 Å². The van der Waals surface area contributed by atoms with E-state index in [1.54, 1.807) is 34.6 Å². The van der Waals surface area contributed by atoms with Crippen LogP contribution in [0.4, 0.5) is 0 Å². The third-order valence-electron chi connectivity index (χ3n) is 3.17. The molecule has 1 rings (SSSR count). The number of hydrogen-bond acceptors (Lipinski definition) is 4. The Morgan fingerprint density at radius 2 is 1.94 bits per heavy atom. The summed E-state index contributed by atoms with van der Waals surface area (Å²) in [4.78, 5) is 37.3. The summed E-state index contributed by atoms with van der Waals surface area (Å²) in [6.45, 7) is 9.01. The number of likely N-dealkylation sites (tertiary alicyclic amines) is 1. The zero-order valence-corrected chi connectivity index (χ0v) is 11.7. The van der Waals surface area contributed by atoms with Gasteiger partial charge >= 0.3 is 5.97 Å². The molecule has 0 radical (unpaired) electrons. The van der Waals surface area contributed by atoms with Crippen molar-refractivity contribution in [1.82, 2.24) is 4.90 Å². The van der Waals surface area contributed by atoms with E-state index < -0.39 is 22.7 Å². The van der Waals surface area contributed by atoms with Crippen LogP contribution in [0.25, 0.3) is 0 Å². The summed E-state index contributed by atoms with van der Waals surface area (Å²) in [6.07, 6.45) is 0.326. The van der Waals surface area contributed by atoms with E-state index in [0.717, 1.165) is 0 Å². The summed E-state index contributed by atoms with van der Waals surface area (Å²) in [5, 5.41) is 0. The fraction of sp³-hybridized carbons (Fsp3) is 0.769. The molecule has 5 heteroatoms. The quantitative estimate of drug-likeness (QED) is 0.552. The van der Waals surface area contributed by atoms with E-state index in [0.29, 0.717) is 6.42 Å². The van der Waals surface area contributed by atoms with Crippen molar-refractivity contribution in [2.75, 3.05) is 13.2 Å². The second kappa shape index (κ2) is 4.71.